The summed E-state index contributed by atoms with van der Waals surface area (Å²) in [6, 6.07) is 15.9. The number of fused-ring (bicyclic) bond motifs is 2. The predicted molar refractivity (Wildman–Crippen MR) is 156 cm³/mol. The monoisotopic (exact) mass is 537 g/mol. The van der Waals surface area contributed by atoms with Gasteiger partial charge in [-0.15, -0.1) is 0 Å². The van der Waals surface area contributed by atoms with E-state index in [0.717, 1.165) is 28.0 Å². The van der Waals surface area contributed by atoms with Gasteiger partial charge in [-0.2, -0.15) is 0 Å². The molecular formula is C31H31N5O4. The number of hydrogen-bond acceptors (Lipinski definition) is 7. The Balaban J connectivity index is 1.54. The fraction of sp³-hybridized carbons (Fsp3) is 0.258. The number of aromatic nitrogens is 2. The number of aromatic amines is 1. The zero-order valence-corrected chi connectivity index (χ0v) is 23.1. The van der Waals surface area contributed by atoms with E-state index < -0.39 is 17.7 Å². The number of aliphatic hydroxyl groups is 1. The Morgan fingerprint density at radius 1 is 1.05 bits per heavy atom. The van der Waals surface area contributed by atoms with E-state index >= 15 is 0 Å². The number of imidazole rings is 1. The van der Waals surface area contributed by atoms with E-state index in [1.165, 1.54) is 4.90 Å². The molecular weight excluding hydrogens is 506 g/mol. The number of amides is 1. The summed E-state index contributed by atoms with van der Waals surface area (Å²) in [5.74, 6) is -0.813. The molecule has 0 aliphatic carbocycles. The Bertz CT molecular complexity index is 1660. The zero-order valence-electron chi connectivity index (χ0n) is 23.1. The minimum Gasteiger partial charge on any atom is -0.507 e. The molecule has 9 nitrogen and oxygen atoms in total. The van der Waals surface area contributed by atoms with E-state index in [4.69, 9.17) is 9.72 Å². The standard InChI is InChI=1S/C31H31N5O4/c1-17-14-22-23(15-18(17)2)33-31(32-22)36-27(19-6-9-21(10-7-19)34(3)4)26(29(38)30(36)39)28(37)20-8-11-25-24(16-20)35(5)12-13-40-25/h6-11,14-16,27,37H,12-13H2,1-5H3,(H,32,33)/b28-26+. The van der Waals surface area contributed by atoms with Crippen LogP contribution in [0, 0.1) is 13.8 Å². The lowest BCUT2D eigenvalue weighted by atomic mass is 9.95. The van der Waals surface area contributed by atoms with Crippen molar-refractivity contribution in [2.45, 2.75) is 19.9 Å². The molecule has 2 aliphatic heterocycles. The number of nitrogens with zero attached hydrogens (tertiary/aromatic N) is 4. The summed E-state index contributed by atoms with van der Waals surface area (Å²) in [5, 5.41) is 11.6. The van der Waals surface area contributed by atoms with Gasteiger partial charge >= 0.3 is 5.91 Å². The number of Topliss-reactive ketones (excluding diaryl/α,β-unsaturated/α-hetero) is 1. The van der Waals surface area contributed by atoms with E-state index in [2.05, 4.69) is 4.98 Å². The third-order valence-corrected chi connectivity index (χ3v) is 7.81. The Morgan fingerprint density at radius 3 is 2.50 bits per heavy atom. The highest BCUT2D eigenvalue weighted by molar-refractivity contribution is 6.51. The molecule has 9 heteroatoms. The van der Waals surface area contributed by atoms with Gasteiger partial charge in [0.25, 0.3) is 5.78 Å². The van der Waals surface area contributed by atoms with Gasteiger partial charge in [-0.05, 0) is 73.0 Å². The molecule has 4 aromatic rings. The Morgan fingerprint density at radius 2 is 1.77 bits per heavy atom. The van der Waals surface area contributed by atoms with Crippen LogP contribution in [-0.4, -0.2) is 61.1 Å². The highest BCUT2D eigenvalue weighted by atomic mass is 16.5. The molecule has 1 amide bonds. The molecule has 1 unspecified atom stereocenters. The number of aliphatic hydroxyl groups excluding tert-OH is 1. The molecule has 0 radical (unpaired) electrons. The van der Waals surface area contributed by atoms with E-state index in [9.17, 15) is 14.7 Å². The number of anilines is 3. The second kappa shape index (κ2) is 9.44. The van der Waals surface area contributed by atoms with Crippen LogP contribution in [0.2, 0.25) is 0 Å². The number of nitrogens with one attached hydrogen (secondary N) is 1. The quantitative estimate of drug-likeness (QED) is 0.221. The minimum absolute atomic E-state index is 0.00903. The summed E-state index contributed by atoms with van der Waals surface area (Å²) in [5.41, 5.74) is 6.50. The summed E-state index contributed by atoms with van der Waals surface area (Å²) in [6.07, 6.45) is 0. The number of hydrogen-bond donors (Lipinski definition) is 2. The van der Waals surface area contributed by atoms with Crippen LogP contribution in [-0.2, 0) is 9.59 Å². The number of H-pyrrole nitrogens is 1. The fourth-order valence-electron chi connectivity index (χ4n) is 5.34. The predicted octanol–water partition coefficient (Wildman–Crippen LogP) is 4.70. The molecule has 0 bridgehead atoms. The first-order valence-corrected chi connectivity index (χ1v) is 13.2. The first kappa shape index (κ1) is 25.5. The van der Waals surface area contributed by atoms with Crippen molar-refractivity contribution in [1.29, 1.82) is 0 Å². The van der Waals surface area contributed by atoms with Gasteiger partial charge in [-0.3, -0.25) is 14.5 Å². The van der Waals surface area contributed by atoms with Crippen LogP contribution in [0.25, 0.3) is 16.8 Å². The van der Waals surface area contributed by atoms with Crippen molar-refractivity contribution >= 4 is 45.8 Å². The summed E-state index contributed by atoms with van der Waals surface area (Å²) < 4.78 is 5.75. The van der Waals surface area contributed by atoms with E-state index in [0.29, 0.717) is 35.5 Å². The molecule has 2 N–H and O–H groups in total. The first-order valence-electron chi connectivity index (χ1n) is 13.2. The smallest absolute Gasteiger partial charge is 0.302 e. The normalized spacial score (nSPS) is 18.3. The van der Waals surface area contributed by atoms with Crippen molar-refractivity contribution in [2.75, 3.05) is 49.0 Å². The largest absolute Gasteiger partial charge is 0.507 e. The maximum absolute atomic E-state index is 13.6. The summed E-state index contributed by atoms with van der Waals surface area (Å²) in [4.78, 5) is 40.6. The third-order valence-electron chi connectivity index (χ3n) is 7.81. The average Bonchev–Trinajstić information content (AvgIpc) is 3.45. The highest BCUT2D eigenvalue weighted by Gasteiger charge is 2.48. The van der Waals surface area contributed by atoms with Crippen molar-refractivity contribution in [3.05, 3.63) is 82.4 Å². The van der Waals surface area contributed by atoms with Crippen LogP contribution < -0.4 is 19.4 Å². The SMILES string of the molecule is Cc1cc2nc(N3C(=O)C(=O)/C(=C(/O)c4ccc5c(c4)N(C)CCO5)C3c3ccc(N(C)C)cc3)[nH]c2cc1C. The van der Waals surface area contributed by atoms with Crippen LogP contribution in [0.15, 0.2) is 60.2 Å². The van der Waals surface area contributed by atoms with Crippen LogP contribution in [0.1, 0.15) is 28.3 Å². The van der Waals surface area contributed by atoms with Crippen molar-refractivity contribution < 1.29 is 19.4 Å². The van der Waals surface area contributed by atoms with Crippen molar-refractivity contribution in [2.24, 2.45) is 0 Å². The van der Waals surface area contributed by atoms with Crippen LogP contribution in [0.3, 0.4) is 0 Å². The molecule has 3 aromatic carbocycles. The second-order valence-corrected chi connectivity index (χ2v) is 10.6. The number of ketones is 1. The third kappa shape index (κ3) is 4.05. The lowest BCUT2D eigenvalue weighted by molar-refractivity contribution is -0.132. The average molecular weight is 538 g/mol. The van der Waals surface area contributed by atoms with Gasteiger partial charge in [-0.25, -0.2) is 4.98 Å². The number of likely N-dealkylation sites (N-methyl/N-ethyl adjacent to an activating group) is 1. The molecule has 40 heavy (non-hydrogen) atoms. The van der Waals surface area contributed by atoms with Crippen LogP contribution in [0.5, 0.6) is 5.75 Å². The maximum Gasteiger partial charge on any atom is 0.302 e. The van der Waals surface area contributed by atoms with Gasteiger partial charge in [0.05, 0.1) is 34.9 Å². The number of rotatable bonds is 4. The lowest BCUT2D eigenvalue weighted by Gasteiger charge is -2.28. The lowest BCUT2D eigenvalue weighted by Crippen LogP contribution is -2.30. The van der Waals surface area contributed by atoms with E-state index in [1.54, 1.807) is 18.2 Å². The summed E-state index contributed by atoms with van der Waals surface area (Å²) in [7, 11) is 5.83. The number of ether oxygens (including phenoxy) is 1. The molecule has 1 atom stereocenters. The zero-order chi connectivity index (χ0) is 28.3. The highest BCUT2D eigenvalue weighted by Crippen LogP contribution is 2.43. The van der Waals surface area contributed by atoms with Gasteiger partial charge in [0.1, 0.15) is 18.1 Å². The van der Waals surface area contributed by atoms with Crippen molar-refractivity contribution in [3.8, 4) is 5.75 Å². The Kier molecular flexibility index (Phi) is 6.02. The molecule has 0 saturated carbocycles. The number of benzene rings is 3. The fourth-order valence-corrected chi connectivity index (χ4v) is 5.34. The van der Waals surface area contributed by atoms with Gasteiger partial charge in [-0.1, -0.05) is 12.1 Å². The van der Waals surface area contributed by atoms with Crippen LogP contribution >= 0.6 is 0 Å². The molecule has 1 fully saturated rings. The minimum atomic E-state index is -0.885. The first-order chi connectivity index (χ1) is 19.1. The van der Waals surface area contributed by atoms with Gasteiger partial charge in [0.2, 0.25) is 5.95 Å². The molecule has 2 aliphatic rings. The Hall–Kier alpha value is -4.79. The maximum atomic E-state index is 13.6. The molecule has 6 rings (SSSR count). The molecule has 3 heterocycles. The van der Waals surface area contributed by atoms with Gasteiger partial charge in [0.15, 0.2) is 0 Å². The summed E-state index contributed by atoms with van der Waals surface area (Å²) >= 11 is 0. The Labute approximate surface area is 232 Å². The van der Waals surface area contributed by atoms with Crippen molar-refractivity contribution in [3.63, 3.8) is 0 Å². The van der Waals surface area contributed by atoms with Crippen molar-refractivity contribution in [1.82, 2.24) is 9.97 Å². The molecule has 1 aromatic heterocycles. The topological polar surface area (TPSA) is 102 Å². The molecule has 1 saturated heterocycles. The second-order valence-electron chi connectivity index (χ2n) is 10.6. The molecule has 204 valence electrons. The number of carbonyl (C=O) groups is 2. The molecule has 0 spiro atoms. The van der Waals surface area contributed by atoms with E-state index in [-0.39, 0.29) is 17.3 Å². The van der Waals surface area contributed by atoms with Crippen LogP contribution in [0.4, 0.5) is 17.3 Å². The summed E-state index contributed by atoms with van der Waals surface area (Å²) in [6.45, 7) is 5.28. The number of carbonyl (C=O) groups excluding carboxylic acids is 2. The number of aryl methyl sites for hydroxylation is 2. The van der Waals surface area contributed by atoms with Gasteiger partial charge in [0, 0.05) is 32.4 Å². The van der Waals surface area contributed by atoms with E-state index in [1.807, 2.05) is 81.2 Å². The van der Waals surface area contributed by atoms with Gasteiger partial charge < -0.3 is 24.6 Å².